The second-order valence-corrected chi connectivity index (χ2v) is 4.23. The maximum Gasteiger partial charge on any atom is 0.258 e. The Balaban J connectivity index is 2.55. The zero-order valence-corrected chi connectivity index (χ0v) is 10.7. The number of nitrogens with one attached hydrogen (secondary N) is 1. The van der Waals surface area contributed by atoms with Gasteiger partial charge in [0, 0.05) is 12.7 Å². The predicted octanol–water partition coefficient (Wildman–Crippen LogP) is 1.14. The summed E-state index contributed by atoms with van der Waals surface area (Å²) in [6.07, 6.45) is 2.91. The van der Waals surface area contributed by atoms with Crippen molar-refractivity contribution >= 4 is 0 Å². The van der Waals surface area contributed by atoms with Crippen LogP contribution in [-0.2, 0) is 13.5 Å². The van der Waals surface area contributed by atoms with Crippen LogP contribution in [0, 0.1) is 6.92 Å². The zero-order valence-electron chi connectivity index (χ0n) is 10.7. The van der Waals surface area contributed by atoms with Crippen LogP contribution in [0.5, 0.6) is 5.88 Å². The minimum atomic E-state index is -0.289. The van der Waals surface area contributed by atoms with Gasteiger partial charge in [-0.15, -0.1) is 0 Å². The van der Waals surface area contributed by atoms with Crippen molar-refractivity contribution in [2.24, 2.45) is 7.05 Å². The number of rotatable bonds is 3. The number of nitrogens with zero attached hydrogens (tertiary/aromatic N) is 3. The fraction of sp³-hybridized carbons (Fsp3) is 0.417. The van der Waals surface area contributed by atoms with Crippen LogP contribution >= 0.6 is 0 Å². The van der Waals surface area contributed by atoms with Gasteiger partial charge in [0.25, 0.3) is 5.56 Å². The second kappa shape index (κ2) is 4.64. The lowest BCUT2D eigenvalue weighted by Gasteiger charge is -2.04. The third-order valence-corrected chi connectivity index (χ3v) is 2.98. The van der Waals surface area contributed by atoms with Crippen molar-refractivity contribution in [1.29, 1.82) is 0 Å². The molecule has 2 aromatic heterocycles. The molecule has 0 aliphatic rings. The smallest absolute Gasteiger partial charge is 0.258 e. The van der Waals surface area contributed by atoms with Gasteiger partial charge in [-0.05, 0) is 13.3 Å². The molecule has 0 aromatic carbocycles. The lowest BCUT2D eigenvalue weighted by atomic mass is 10.2. The van der Waals surface area contributed by atoms with E-state index in [2.05, 4.69) is 15.1 Å². The average Bonchev–Trinajstić information content (AvgIpc) is 2.65. The van der Waals surface area contributed by atoms with E-state index in [4.69, 9.17) is 0 Å². The molecule has 2 N–H and O–H groups in total. The van der Waals surface area contributed by atoms with Crippen LogP contribution in [0.25, 0.3) is 11.4 Å². The molecule has 0 atom stereocenters. The van der Waals surface area contributed by atoms with Crippen LogP contribution in [0.1, 0.15) is 24.6 Å². The van der Waals surface area contributed by atoms with Crippen LogP contribution in [0.2, 0.25) is 0 Å². The molecule has 0 spiro atoms. The fourth-order valence-electron chi connectivity index (χ4n) is 1.82. The highest BCUT2D eigenvalue weighted by molar-refractivity contribution is 5.57. The number of hydrogen-bond donors (Lipinski definition) is 2. The molecule has 18 heavy (non-hydrogen) atoms. The van der Waals surface area contributed by atoms with Crippen molar-refractivity contribution in [3.63, 3.8) is 0 Å². The number of H-pyrrole nitrogens is 1. The molecule has 2 heterocycles. The molecular formula is C12H16N4O2. The Bertz CT molecular complexity index is 627. The van der Waals surface area contributed by atoms with Gasteiger partial charge >= 0.3 is 0 Å². The lowest BCUT2D eigenvalue weighted by Crippen LogP contribution is -2.15. The van der Waals surface area contributed by atoms with Gasteiger partial charge in [0.2, 0.25) is 5.88 Å². The van der Waals surface area contributed by atoms with E-state index < -0.39 is 0 Å². The minimum Gasteiger partial charge on any atom is -0.493 e. The monoisotopic (exact) mass is 248 g/mol. The van der Waals surface area contributed by atoms with Gasteiger partial charge in [-0.25, -0.2) is 0 Å². The van der Waals surface area contributed by atoms with Crippen LogP contribution in [0.4, 0.5) is 0 Å². The molecule has 0 saturated carbocycles. The van der Waals surface area contributed by atoms with Crippen molar-refractivity contribution in [3.8, 4) is 17.3 Å². The maximum atomic E-state index is 11.9. The Kier molecular flexibility index (Phi) is 3.18. The van der Waals surface area contributed by atoms with E-state index in [0.717, 1.165) is 12.1 Å². The Morgan fingerprint density at radius 3 is 2.72 bits per heavy atom. The lowest BCUT2D eigenvalue weighted by molar-refractivity contribution is 0.443. The summed E-state index contributed by atoms with van der Waals surface area (Å²) < 4.78 is 1.69. The molecule has 0 radical (unpaired) electrons. The van der Waals surface area contributed by atoms with Crippen LogP contribution in [0.15, 0.2) is 11.0 Å². The third kappa shape index (κ3) is 2.01. The Labute approximate surface area is 104 Å². The second-order valence-electron chi connectivity index (χ2n) is 4.23. The van der Waals surface area contributed by atoms with Gasteiger partial charge in [0.1, 0.15) is 5.82 Å². The number of aryl methyl sites for hydroxylation is 1. The molecule has 96 valence electrons. The maximum absolute atomic E-state index is 11.9. The molecule has 6 heteroatoms. The average molecular weight is 248 g/mol. The summed E-state index contributed by atoms with van der Waals surface area (Å²) in [6.45, 7) is 3.82. The third-order valence-electron chi connectivity index (χ3n) is 2.98. The van der Waals surface area contributed by atoms with Crippen LogP contribution in [-0.4, -0.2) is 24.9 Å². The van der Waals surface area contributed by atoms with E-state index in [9.17, 15) is 9.90 Å². The number of hydrogen-bond acceptors (Lipinski definition) is 4. The molecule has 0 amide bonds. The van der Waals surface area contributed by atoms with Crippen molar-refractivity contribution in [2.45, 2.75) is 26.7 Å². The highest BCUT2D eigenvalue weighted by Gasteiger charge is 2.14. The highest BCUT2D eigenvalue weighted by Crippen LogP contribution is 2.20. The van der Waals surface area contributed by atoms with Crippen molar-refractivity contribution in [2.75, 3.05) is 0 Å². The highest BCUT2D eigenvalue weighted by atomic mass is 16.3. The molecule has 0 unspecified atom stereocenters. The standard InChI is InChI=1S/C12H16N4O2/c1-4-5-8-11(17)14-10(15-12(8)18)9-6-13-16(3)7(9)2/h6H,4-5H2,1-3H3,(H2,14,15,17,18). The summed E-state index contributed by atoms with van der Waals surface area (Å²) in [5, 5.41) is 13.9. The van der Waals surface area contributed by atoms with E-state index in [1.165, 1.54) is 0 Å². The SMILES string of the molecule is CCCc1c(O)nc(-c2cnn(C)c2C)[nH]c1=O. The normalized spacial score (nSPS) is 10.8. The van der Waals surface area contributed by atoms with Crippen molar-refractivity contribution < 1.29 is 5.11 Å². The molecule has 0 aliphatic heterocycles. The van der Waals surface area contributed by atoms with E-state index in [-0.39, 0.29) is 11.4 Å². The molecule has 0 aliphatic carbocycles. The van der Waals surface area contributed by atoms with Gasteiger partial charge in [0.05, 0.1) is 17.3 Å². The summed E-state index contributed by atoms with van der Waals surface area (Å²) in [5.74, 6) is 0.154. The quantitative estimate of drug-likeness (QED) is 0.853. The summed E-state index contributed by atoms with van der Waals surface area (Å²) in [4.78, 5) is 18.6. The van der Waals surface area contributed by atoms with Gasteiger partial charge in [-0.3, -0.25) is 9.48 Å². The first-order valence-electron chi connectivity index (χ1n) is 5.85. The Morgan fingerprint density at radius 1 is 1.50 bits per heavy atom. The van der Waals surface area contributed by atoms with E-state index in [1.807, 2.05) is 20.9 Å². The van der Waals surface area contributed by atoms with Gasteiger partial charge in [-0.2, -0.15) is 10.1 Å². The van der Waals surface area contributed by atoms with Crippen LogP contribution in [0.3, 0.4) is 0 Å². The predicted molar refractivity (Wildman–Crippen MR) is 67.5 cm³/mol. The van der Waals surface area contributed by atoms with Gasteiger partial charge < -0.3 is 10.1 Å². The Hall–Kier alpha value is -2.11. The van der Waals surface area contributed by atoms with Crippen molar-refractivity contribution in [1.82, 2.24) is 19.7 Å². The first kappa shape index (κ1) is 12.3. The molecule has 2 rings (SSSR count). The number of aromatic hydroxyl groups is 1. The Morgan fingerprint density at radius 2 is 2.22 bits per heavy atom. The zero-order chi connectivity index (χ0) is 13.3. The van der Waals surface area contributed by atoms with Gasteiger partial charge in [0.15, 0.2) is 0 Å². The van der Waals surface area contributed by atoms with E-state index in [0.29, 0.717) is 23.4 Å². The van der Waals surface area contributed by atoms with E-state index in [1.54, 1.807) is 10.9 Å². The molecule has 0 saturated heterocycles. The molecular weight excluding hydrogens is 232 g/mol. The topological polar surface area (TPSA) is 83.8 Å². The molecule has 0 bridgehead atoms. The first-order valence-corrected chi connectivity index (χ1v) is 5.85. The fourth-order valence-corrected chi connectivity index (χ4v) is 1.82. The first-order chi connectivity index (χ1) is 8.54. The van der Waals surface area contributed by atoms with E-state index >= 15 is 0 Å². The van der Waals surface area contributed by atoms with Crippen LogP contribution < -0.4 is 5.56 Å². The molecule has 6 nitrogen and oxygen atoms in total. The summed E-state index contributed by atoms with van der Waals surface area (Å²) in [7, 11) is 1.81. The largest absolute Gasteiger partial charge is 0.493 e. The minimum absolute atomic E-state index is 0.196. The summed E-state index contributed by atoms with van der Waals surface area (Å²) >= 11 is 0. The molecule has 2 aromatic rings. The van der Waals surface area contributed by atoms with Crippen molar-refractivity contribution in [3.05, 3.63) is 27.8 Å². The summed E-state index contributed by atoms with van der Waals surface area (Å²) in [6, 6.07) is 0. The number of aromatic amines is 1. The molecule has 0 fully saturated rings. The summed E-state index contributed by atoms with van der Waals surface area (Å²) in [5.41, 5.74) is 1.64. The van der Waals surface area contributed by atoms with Gasteiger partial charge in [-0.1, -0.05) is 13.3 Å². The number of aromatic nitrogens is 4.